The molecule has 1 unspecified atom stereocenters. The molecule has 1 aromatic carbocycles. The van der Waals surface area contributed by atoms with Gasteiger partial charge in [0.25, 0.3) is 5.91 Å². The Kier molecular flexibility index (Phi) is 8.32. The molecule has 1 atom stereocenters. The molecule has 3 nitrogen and oxygen atoms in total. The molecule has 0 aliphatic heterocycles. The molecule has 1 amide bonds. The summed E-state index contributed by atoms with van der Waals surface area (Å²) < 4.78 is 13.5. The first kappa shape index (κ1) is 19.4. The molecule has 0 aliphatic carbocycles. The number of nitrogens with two attached hydrogens (primary N) is 1. The Balaban J connectivity index is 0.00000361. The number of carbonyl (C=O) groups is 1. The average Bonchev–Trinajstić information content (AvgIpc) is 2.34. The van der Waals surface area contributed by atoms with Crippen LogP contribution < -0.4 is 5.73 Å². The van der Waals surface area contributed by atoms with Crippen molar-refractivity contribution in [2.75, 3.05) is 13.6 Å². The molecule has 0 radical (unpaired) electrons. The number of hydrogen-bond acceptors (Lipinski definition) is 2. The minimum Gasteiger partial charge on any atom is -0.342 e. The molecule has 0 saturated heterocycles. The second kappa shape index (κ2) is 8.60. The predicted molar refractivity (Wildman–Crippen MR) is 85.7 cm³/mol. The van der Waals surface area contributed by atoms with Gasteiger partial charge in [0.1, 0.15) is 5.82 Å². The standard InChI is InChI=1S/C14H20BrFN2O.ClH/c1-9(2)13(17)6-7-18(3)14(19)11-5-4-10(16)8-12(11)15;/h4-5,8-9,13H,6-7,17H2,1-3H3;1H. The molecule has 0 heterocycles. The highest BCUT2D eigenvalue weighted by Gasteiger charge is 2.16. The Labute approximate surface area is 134 Å². The topological polar surface area (TPSA) is 46.3 Å². The lowest BCUT2D eigenvalue weighted by molar-refractivity contribution is 0.0788. The zero-order valence-corrected chi connectivity index (χ0v) is 14.3. The van der Waals surface area contributed by atoms with Gasteiger partial charge >= 0.3 is 0 Å². The van der Waals surface area contributed by atoms with Gasteiger partial charge in [-0.2, -0.15) is 0 Å². The second-order valence-corrected chi connectivity index (χ2v) is 5.90. The Morgan fingerprint density at radius 1 is 1.45 bits per heavy atom. The van der Waals surface area contributed by atoms with Gasteiger partial charge in [-0.1, -0.05) is 13.8 Å². The maximum absolute atomic E-state index is 13.0. The summed E-state index contributed by atoms with van der Waals surface area (Å²) in [6, 6.07) is 4.14. The summed E-state index contributed by atoms with van der Waals surface area (Å²) in [7, 11) is 1.73. The van der Waals surface area contributed by atoms with Crippen molar-refractivity contribution in [1.82, 2.24) is 4.90 Å². The number of halogens is 3. The summed E-state index contributed by atoms with van der Waals surface area (Å²) in [5.41, 5.74) is 6.42. The first-order valence-corrected chi connectivity index (χ1v) is 7.08. The van der Waals surface area contributed by atoms with Gasteiger partial charge in [0.2, 0.25) is 0 Å². The fourth-order valence-corrected chi connectivity index (χ4v) is 2.17. The van der Waals surface area contributed by atoms with Crippen molar-refractivity contribution < 1.29 is 9.18 Å². The monoisotopic (exact) mass is 366 g/mol. The highest BCUT2D eigenvalue weighted by molar-refractivity contribution is 9.10. The summed E-state index contributed by atoms with van der Waals surface area (Å²) in [4.78, 5) is 13.8. The Bertz CT molecular complexity index is 457. The maximum atomic E-state index is 13.0. The van der Waals surface area contributed by atoms with E-state index in [4.69, 9.17) is 5.73 Å². The number of benzene rings is 1. The Hall–Kier alpha value is -0.650. The van der Waals surface area contributed by atoms with Crippen LogP contribution in [0.25, 0.3) is 0 Å². The number of carbonyl (C=O) groups excluding carboxylic acids is 1. The third-order valence-corrected chi connectivity index (χ3v) is 3.82. The molecular formula is C14H21BrClFN2O. The second-order valence-electron chi connectivity index (χ2n) is 5.05. The van der Waals surface area contributed by atoms with Gasteiger partial charge in [-0.3, -0.25) is 4.79 Å². The first-order chi connectivity index (χ1) is 8.82. The Morgan fingerprint density at radius 2 is 2.05 bits per heavy atom. The van der Waals surface area contributed by atoms with E-state index in [1.165, 1.54) is 18.2 Å². The molecule has 1 aromatic rings. The molecule has 0 saturated carbocycles. The summed E-state index contributed by atoms with van der Waals surface area (Å²) in [6.45, 7) is 4.70. The van der Waals surface area contributed by atoms with Gasteiger partial charge in [0.15, 0.2) is 0 Å². The van der Waals surface area contributed by atoms with Gasteiger partial charge in [-0.15, -0.1) is 12.4 Å². The van der Waals surface area contributed by atoms with E-state index in [0.717, 1.165) is 6.42 Å². The molecule has 0 bridgehead atoms. The van der Waals surface area contributed by atoms with Gasteiger partial charge in [0.05, 0.1) is 5.56 Å². The van der Waals surface area contributed by atoms with E-state index in [9.17, 15) is 9.18 Å². The van der Waals surface area contributed by atoms with Crippen LogP contribution in [0.15, 0.2) is 22.7 Å². The van der Waals surface area contributed by atoms with Crippen LogP contribution >= 0.6 is 28.3 Å². The van der Waals surface area contributed by atoms with E-state index in [2.05, 4.69) is 29.8 Å². The average molecular weight is 368 g/mol. The first-order valence-electron chi connectivity index (χ1n) is 6.29. The fourth-order valence-electron chi connectivity index (χ4n) is 1.65. The van der Waals surface area contributed by atoms with Crippen LogP contribution in [0.3, 0.4) is 0 Å². The molecule has 1 rings (SSSR count). The van der Waals surface area contributed by atoms with Crippen LogP contribution in [0, 0.1) is 11.7 Å². The summed E-state index contributed by atoms with van der Waals surface area (Å²) in [5.74, 6) is -0.114. The van der Waals surface area contributed by atoms with Crippen LogP contribution in [0.1, 0.15) is 30.6 Å². The van der Waals surface area contributed by atoms with E-state index >= 15 is 0 Å². The summed E-state index contributed by atoms with van der Waals surface area (Å²) in [6.07, 6.45) is 0.749. The number of amides is 1. The van der Waals surface area contributed by atoms with Crippen LogP contribution in [0.4, 0.5) is 4.39 Å². The van der Waals surface area contributed by atoms with E-state index in [0.29, 0.717) is 22.5 Å². The van der Waals surface area contributed by atoms with Crippen LogP contribution in [-0.4, -0.2) is 30.4 Å². The highest BCUT2D eigenvalue weighted by atomic mass is 79.9. The van der Waals surface area contributed by atoms with E-state index in [1.54, 1.807) is 11.9 Å². The number of rotatable bonds is 5. The van der Waals surface area contributed by atoms with Crippen molar-refractivity contribution >= 4 is 34.2 Å². The van der Waals surface area contributed by atoms with Crippen LogP contribution in [0.2, 0.25) is 0 Å². The third kappa shape index (κ3) is 5.38. The van der Waals surface area contributed by atoms with Gasteiger partial charge in [-0.25, -0.2) is 4.39 Å². The quantitative estimate of drug-likeness (QED) is 0.866. The van der Waals surface area contributed by atoms with Crippen LogP contribution in [0.5, 0.6) is 0 Å². The normalized spacial score (nSPS) is 11.9. The smallest absolute Gasteiger partial charge is 0.254 e. The number of nitrogens with zero attached hydrogens (tertiary/aromatic N) is 1. The van der Waals surface area contributed by atoms with E-state index in [-0.39, 0.29) is 30.2 Å². The molecule has 0 aromatic heterocycles. The zero-order valence-electron chi connectivity index (χ0n) is 11.9. The molecular weight excluding hydrogens is 347 g/mol. The predicted octanol–water partition coefficient (Wildman–Crippen LogP) is 3.46. The van der Waals surface area contributed by atoms with Crippen molar-refractivity contribution in [3.63, 3.8) is 0 Å². The van der Waals surface area contributed by atoms with Crippen molar-refractivity contribution in [1.29, 1.82) is 0 Å². The van der Waals surface area contributed by atoms with Crippen molar-refractivity contribution in [2.24, 2.45) is 11.7 Å². The maximum Gasteiger partial charge on any atom is 0.254 e. The molecule has 2 N–H and O–H groups in total. The third-order valence-electron chi connectivity index (χ3n) is 3.16. The molecule has 0 fully saturated rings. The highest BCUT2D eigenvalue weighted by Crippen LogP contribution is 2.19. The van der Waals surface area contributed by atoms with E-state index < -0.39 is 0 Å². The summed E-state index contributed by atoms with van der Waals surface area (Å²) in [5, 5.41) is 0. The largest absolute Gasteiger partial charge is 0.342 e. The molecule has 0 spiro atoms. The van der Waals surface area contributed by atoms with Gasteiger partial charge in [0, 0.05) is 24.1 Å². The summed E-state index contributed by atoms with van der Waals surface area (Å²) >= 11 is 3.21. The number of hydrogen-bond donors (Lipinski definition) is 1. The van der Waals surface area contributed by atoms with Gasteiger partial charge in [-0.05, 0) is 46.5 Å². The SMILES string of the molecule is CC(C)C(N)CCN(C)C(=O)c1ccc(F)cc1Br.Cl. The minimum absolute atomic E-state index is 0. The van der Waals surface area contributed by atoms with Crippen molar-refractivity contribution in [3.05, 3.63) is 34.1 Å². The molecule has 114 valence electrons. The van der Waals surface area contributed by atoms with Gasteiger partial charge < -0.3 is 10.6 Å². The molecule has 20 heavy (non-hydrogen) atoms. The van der Waals surface area contributed by atoms with Crippen molar-refractivity contribution in [3.8, 4) is 0 Å². The Morgan fingerprint density at radius 3 is 2.55 bits per heavy atom. The lowest BCUT2D eigenvalue weighted by atomic mass is 10.0. The van der Waals surface area contributed by atoms with Crippen LogP contribution in [-0.2, 0) is 0 Å². The molecule has 6 heteroatoms. The van der Waals surface area contributed by atoms with Crippen molar-refractivity contribution in [2.45, 2.75) is 26.3 Å². The minimum atomic E-state index is -0.368. The lowest BCUT2D eigenvalue weighted by Gasteiger charge is -2.22. The molecule has 0 aliphatic rings. The lowest BCUT2D eigenvalue weighted by Crippen LogP contribution is -2.34. The fraction of sp³-hybridized carbons (Fsp3) is 0.500. The zero-order chi connectivity index (χ0) is 14.6. The van der Waals surface area contributed by atoms with E-state index in [1.807, 2.05) is 0 Å².